The summed E-state index contributed by atoms with van der Waals surface area (Å²) in [5.41, 5.74) is 2.68. The number of ether oxygens (including phenoxy) is 1. The zero-order valence-electron chi connectivity index (χ0n) is 17.7. The van der Waals surface area contributed by atoms with Crippen molar-refractivity contribution in [2.45, 2.75) is 65.9 Å². The van der Waals surface area contributed by atoms with Crippen molar-refractivity contribution < 1.29 is 14.3 Å². The van der Waals surface area contributed by atoms with Gasteiger partial charge in [-0.05, 0) is 67.7 Å². The van der Waals surface area contributed by atoms with Crippen molar-refractivity contribution in [2.75, 3.05) is 23.4 Å². The molecular formula is C23H34N2O3. The van der Waals surface area contributed by atoms with E-state index in [1.807, 2.05) is 30.0 Å². The summed E-state index contributed by atoms with van der Waals surface area (Å²) in [6.45, 7) is 9.59. The average Bonchev–Trinajstić information content (AvgIpc) is 3.05. The van der Waals surface area contributed by atoms with Crippen molar-refractivity contribution in [3.63, 3.8) is 0 Å². The summed E-state index contributed by atoms with van der Waals surface area (Å²) in [7, 11) is 0. The molecule has 2 amide bonds. The van der Waals surface area contributed by atoms with Gasteiger partial charge in [-0.3, -0.25) is 9.59 Å². The zero-order valence-corrected chi connectivity index (χ0v) is 17.7. The van der Waals surface area contributed by atoms with E-state index in [1.54, 1.807) is 0 Å². The number of anilines is 2. The topological polar surface area (TPSA) is 58.6 Å². The van der Waals surface area contributed by atoms with Crippen LogP contribution < -0.4 is 10.2 Å². The summed E-state index contributed by atoms with van der Waals surface area (Å²) in [5, 5.41) is 2.94. The monoisotopic (exact) mass is 386 g/mol. The minimum atomic E-state index is -0.120. The Balaban J connectivity index is 1.56. The Kier molecular flexibility index (Phi) is 6.76. The molecule has 3 rings (SSSR count). The highest BCUT2D eigenvalue weighted by atomic mass is 16.5. The van der Waals surface area contributed by atoms with Gasteiger partial charge < -0.3 is 15.0 Å². The van der Waals surface area contributed by atoms with Crippen LogP contribution in [0.4, 0.5) is 11.4 Å². The van der Waals surface area contributed by atoms with E-state index in [0.29, 0.717) is 24.2 Å². The second kappa shape index (κ2) is 9.08. The largest absolute Gasteiger partial charge is 0.368 e. The highest BCUT2D eigenvalue weighted by Crippen LogP contribution is 2.35. The molecule has 0 spiro atoms. The van der Waals surface area contributed by atoms with Crippen LogP contribution in [0.2, 0.25) is 0 Å². The number of aryl methyl sites for hydroxylation is 1. The number of carbonyl (C=O) groups is 2. The molecule has 1 saturated heterocycles. The molecule has 1 aliphatic heterocycles. The Morgan fingerprint density at radius 3 is 2.75 bits per heavy atom. The molecule has 3 atom stereocenters. The van der Waals surface area contributed by atoms with E-state index in [4.69, 9.17) is 4.74 Å². The van der Waals surface area contributed by atoms with Crippen LogP contribution in [-0.4, -0.2) is 31.1 Å². The summed E-state index contributed by atoms with van der Waals surface area (Å²) in [5.74, 6) is 1.82. The van der Waals surface area contributed by atoms with Gasteiger partial charge in [0.1, 0.15) is 6.61 Å². The van der Waals surface area contributed by atoms with Crippen molar-refractivity contribution in [2.24, 2.45) is 17.8 Å². The lowest BCUT2D eigenvalue weighted by atomic mass is 9.75. The molecule has 1 saturated carbocycles. The Hall–Kier alpha value is -1.88. The van der Waals surface area contributed by atoms with E-state index in [-0.39, 0.29) is 24.5 Å². The van der Waals surface area contributed by atoms with E-state index in [0.717, 1.165) is 36.3 Å². The molecule has 5 nitrogen and oxygen atoms in total. The van der Waals surface area contributed by atoms with Crippen molar-refractivity contribution in [3.05, 3.63) is 23.8 Å². The van der Waals surface area contributed by atoms with E-state index >= 15 is 0 Å². The van der Waals surface area contributed by atoms with Gasteiger partial charge >= 0.3 is 0 Å². The maximum absolute atomic E-state index is 12.4. The summed E-state index contributed by atoms with van der Waals surface area (Å²) in [6.07, 6.45) is 5.16. The highest BCUT2D eigenvalue weighted by Gasteiger charge is 2.31. The first kappa shape index (κ1) is 20.8. The van der Waals surface area contributed by atoms with Gasteiger partial charge in [0.15, 0.2) is 0 Å². The van der Waals surface area contributed by atoms with E-state index in [9.17, 15) is 9.59 Å². The molecular weight excluding hydrogens is 352 g/mol. The fourth-order valence-corrected chi connectivity index (χ4v) is 4.63. The Labute approximate surface area is 168 Å². The highest BCUT2D eigenvalue weighted by molar-refractivity contribution is 5.97. The number of nitrogens with one attached hydrogen (secondary N) is 1. The summed E-state index contributed by atoms with van der Waals surface area (Å²) in [6, 6.07) is 5.72. The van der Waals surface area contributed by atoms with Crippen LogP contribution in [0.15, 0.2) is 18.2 Å². The average molecular weight is 387 g/mol. The van der Waals surface area contributed by atoms with Crippen LogP contribution in [-0.2, 0) is 14.3 Å². The Morgan fingerprint density at radius 1 is 1.32 bits per heavy atom. The first-order valence-electron chi connectivity index (χ1n) is 10.7. The van der Waals surface area contributed by atoms with Gasteiger partial charge in [-0.2, -0.15) is 0 Å². The lowest BCUT2D eigenvalue weighted by Gasteiger charge is -2.37. The van der Waals surface area contributed by atoms with Crippen molar-refractivity contribution >= 4 is 23.2 Å². The van der Waals surface area contributed by atoms with Gasteiger partial charge in [0.2, 0.25) is 11.8 Å². The van der Waals surface area contributed by atoms with Crippen molar-refractivity contribution in [3.8, 4) is 0 Å². The standard InChI is InChI=1S/C23H34N2O3/c1-15(2)19-9-7-16(3)12-21(19)28-14-22(26)24-18-8-10-20(17(4)13-18)25-11-5-6-23(25)27/h8,10,13,15-16,19,21H,5-7,9,11-12,14H2,1-4H3,(H,24,26)/t16-,19-,21+/m0/s1. The molecule has 0 aromatic heterocycles. The second-order valence-corrected chi connectivity index (χ2v) is 8.87. The fourth-order valence-electron chi connectivity index (χ4n) is 4.63. The van der Waals surface area contributed by atoms with Crippen LogP contribution in [0.1, 0.15) is 58.4 Å². The number of nitrogens with zero attached hydrogens (tertiary/aromatic N) is 1. The molecule has 0 unspecified atom stereocenters. The van der Waals surface area contributed by atoms with Gasteiger partial charge in [0, 0.05) is 24.3 Å². The molecule has 1 heterocycles. The molecule has 5 heteroatoms. The molecule has 0 bridgehead atoms. The van der Waals surface area contributed by atoms with Crippen LogP contribution in [0.5, 0.6) is 0 Å². The number of carbonyl (C=O) groups excluding carboxylic acids is 2. The molecule has 2 fully saturated rings. The number of rotatable bonds is 6. The van der Waals surface area contributed by atoms with E-state index in [1.165, 1.54) is 12.8 Å². The minimum absolute atomic E-state index is 0.0893. The first-order chi connectivity index (χ1) is 13.3. The molecule has 0 radical (unpaired) electrons. The van der Waals surface area contributed by atoms with Gasteiger partial charge in [0.05, 0.1) is 6.10 Å². The number of amides is 2. The summed E-state index contributed by atoms with van der Waals surface area (Å²) in [4.78, 5) is 26.2. The quantitative estimate of drug-likeness (QED) is 0.781. The molecule has 1 aromatic carbocycles. The predicted molar refractivity (Wildman–Crippen MR) is 112 cm³/mol. The summed E-state index contributed by atoms with van der Waals surface area (Å²) >= 11 is 0. The number of hydrogen-bond acceptors (Lipinski definition) is 3. The smallest absolute Gasteiger partial charge is 0.250 e. The molecule has 1 aliphatic carbocycles. The molecule has 28 heavy (non-hydrogen) atoms. The van der Waals surface area contributed by atoms with Gasteiger partial charge in [0.25, 0.3) is 0 Å². The maximum atomic E-state index is 12.4. The number of hydrogen-bond donors (Lipinski definition) is 1. The summed E-state index contributed by atoms with van der Waals surface area (Å²) < 4.78 is 6.05. The van der Waals surface area contributed by atoms with Crippen LogP contribution in [0.25, 0.3) is 0 Å². The maximum Gasteiger partial charge on any atom is 0.250 e. The van der Waals surface area contributed by atoms with Crippen LogP contribution in [0, 0.1) is 24.7 Å². The van der Waals surface area contributed by atoms with E-state index in [2.05, 4.69) is 26.1 Å². The fraction of sp³-hybridized carbons (Fsp3) is 0.652. The molecule has 154 valence electrons. The van der Waals surface area contributed by atoms with Gasteiger partial charge in [-0.15, -0.1) is 0 Å². The third-order valence-electron chi connectivity index (χ3n) is 6.23. The predicted octanol–water partition coefficient (Wildman–Crippen LogP) is 4.54. The lowest BCUT2D eigenvalue weighted by Crippen LogP contribution is -2.36. The SMILES string of the molecule is Cc1cc(NC(=O)CO[C@@H]2C[C@@H](C)CC[C@H]2C(C)C)ccc1N1CCCC1=O. The van der Waals surface area contributed by atoms with E-state index < -0.39 is 0 Å². The van der Waals surface area contributed by atoms with Crippen LogP contribution >= 0.6 is 0 Å². The molecule has 1 aromatic rings. The molecule has 1 N–H and O–H groups in total. The Morgan fingerprint density at radius 2 is 2.11 bits per heavy atom. The van der Waals surface area contributed by atoms with Gasteiger partial charge in [-0.1, -0.05) is 27.2 Å². The minimum Gasteiger partial charge on any atom is -0.368 e. The Bertz CT molecular complexity index is 716. The van der Waals surface area contributed by atoms with Gasteiger partial charge in [-0.25, -0.2) is 0 Å². The normalized spacial score (nSPS) is 25.4. The third-order valence-corrected chi connectivity index (χ3v) is 6.23. The number of benzene rings is 1. The zero-order chi connectivity index (χ0) is 20.3. The first-order valence-corrected chi connectivity index (χ1v) is 10.7. The molecule has 2 aliphatic rings. The lowest BCUT2D eigenvalue weighted by molar-refractivity contribution is -0.126. The third kappa shape index (κ3) is 4.93. The second-order valence-electron chi connectivity index (χ2n) is 8.87. The van der Waals surface area contributed by atoms with Crippen molar-refractivity contribution in [1.82, 2.24) is 0 Å². The van der Waals surface area contributed by atoms with Crippen molar-refractivity contribution in [1.29, 1.82) is 0 Å². The van der Waals surface area contributed by atoms with Crippen LogP contribution in [0.3, 0.4) is 0 Å².